The van der Waals surface area contributed by atoms with E-state index in [9.17, 15) is 9.59 Å². The number of carbonyl (C=O) groups excluding carboxylic acids is 1. The first kappa shape index (κ1) is 20.9. The molecule has 3 rings (SSSR count). The second-order valence-electron chi connectivity index (χ2n) is 5.73. The van der Waals surface area contributed by atoms with Gasteiger partial charge in [0.15, 0.2) is 0 Å². The quantitative estimate of drug-likeness (QED) is 0.245. The number of hydrogen-bond donors (Lipinski definition) is 5. The molecule has 0 saturated carbocycles. The van der Waals surface area contributed by atoms with Crippen LogP contribution in [0.3, 0.4) is 0 Å². The molecule has 0 radical (unpaired) electrons. The fourth-order valence-electron chi connectivity index (χ4n) is 2.66. The number of carboxylic acid groups (broad SMARTS) is 1. The zero-order valence-electron chi connectivity index (χ0n) is 14.5. The van der Waals surface area contributed by atoms with Gasteiger partial charge in [0.2, 0.25) is 5.78 Å². The summed E-state index contributed by atoms with van der Waals surface area (Å²) in [6.45, 7) is 1.77. The Morgan fingerprint density at radius 3 is 2.25 bits per heavy atom. The van der Waals surface area contributed by atoms with Gasteiger partial charge in [0, 0.05) is 23.0 Å². The molecule has 148 valence electrons. The van der Waals surface area contributed by atoms with E-state index in [0.29, 0.717) is 16.9 Å². The molecule has 2 aromatic heterocycles. The lowest BCUT2D eigenvalue weighted by Crippen LogP contribution is -2.10. The van der Waals surface area contributed by atoms with E-state index in [0.717, 1.165) is 5.52 Å². The van der Waals surface area contributed by atoms with E-state index in [2.05, 4.69) is 0 Å². The molecule has 28 heavy (non-hydrogen) atoms. The van der Waals surface area contributed by atoms with Gasteiger partial charge in [0.25, 0.3) is 0 Å². The lowest BCUT2D eigenvalue weighted by Gasteiger charge is -2.06. The topological polar surface area (TPSA) is 185 Å². The van der Waals surface area contributed by atoms with Gasteiger partial charge < -0.3 is 21.0 Å². The van der Waals surface area contributed by atoms with Crippen molar-refractivity contribution in [2.24, 2.45) is 0 Å². The van der Waals surface area contributed by atoms with Crippen LogP contribution in [0.2, 0.25) is 0 Å². The van der Waals surface area contributed by atoms with Crippen LogP contribution in [0.25, 0.3) is 5.52 Å². The highest BCUT2D eigenvalue weighted by molar-refractivity contribution is 7.79. The second-order valence-corrected chi connectivity index (χ2v) is 6.62. The van der Waals surface area contributed by atoms with E-state index in [1.807, 2.05) is 12.1 Å². The Morgan fingerprint density at radius 2 is 1.68 bits per heavy atom. The van der Waals surface area contributed by atoms with Crippen LogP contribution in [-0.4, -0.2) is 38.8 Å². The molecule has 0 unspecified atom stereocenters. The summed E-state index contributed by atoms with van der Waals surface area (Å²) in [5.41, 5.74) is 14.3. The molecule has 0 bridgehead atoms. The number of aromatic nitrogens is 1. The summed E-state index contributed by atoms with van der Waals surface area (Å²) in [6.07, 6.45) is 1.75. The summed E-state index contributed by atoms with van der Waals surface area (Å²) in [7, 11) is -4.67. The number of pyridine rings is 1. The maximum absolute atomic E-state index is 12.9. The highest BCUT2D eigenvalue weighted by Gasteiger charge is 2.21. The molecule has 0 saturated heterocycles. The van der Waals surface area contributed by atoms with Crippen molar-refractivity contribution in [1.82, 2.24) is 4.40 Å². The molecule has 0 spiro atoms. The zero-order chi connectivity index (χ0) is 21.2. The van der Waals surface area contributed by atoms with E-state index in [-0.39, 0.29) is 22.6 Å². The minimum absolute atomic E-state index is 0.0951. The first-order chi connectivity index (χ1) is 12.9. The molecule has 2 heterocycles. The Labute approximate surface area is 159 Å². The third kappa shape index (κ3) is 4.46. The van der Waals surface area contributed by atoms with Gasteiger partial charge in [-0.1, -0.05) is 6.07 Å². The maximum Gasteiger partial charge on any atom is 0.394 e. The van der Waals surface area contributed by atoms with Gasteiger partial charge in [-0.25, -0.2) is 4.79 Å². The van der Waals surface area contributed by atoms with Crippen molar-refractivity contribution >= 4 is 39.0 Å². The number of anilines is 2. The first-order valence-corrected chi connectivity index (χ1v) is 9.04. The van der Waals surface area contributed by atoms with Crippen LogP contribution in [0.15, 0.2) is 42.6 Å². The molecule has 0 aliphatic carbocycles. The van der Waals surface area contributed by atoms with E-state index >= 15 is 0 Å². The Hall–Kier alpha value is -3.41. The molecule has 0 fully saturated rings. The number of carboxylic acids is 1. The molecule has 3 aromatic rings. The summed E-state index contributed by atoms with van der Waals surface area (Å²) in [6, 6.07) is 9.69. The van der Waals surface area contributed by atoms with Crippen molar-refractivity contribution in [2.75, 3.05) is 11.5 Å². The van der Waals surface area contributed by atoms with Crippen molar-refractivity contribution in [3.63, 3.8) is 0 Å². The lowest BCUT2D eigenvalue weighted by atomic mass is 10.0. The van der Waals surface area contributed by atoms with E-state index in [4.69, 9.17) is 34.1 Å². The van der Waals surface area contributed by atoms with Crippen LogP contribution in [0, 0.1) is 6.92 Å². The summed E-state index contributed by atoms with van der Waals surface area (Å²) < 4.78 is 33.3. The number of nitrogen functional groups attached to an aromatic ring is 2. The standard InChI is InChI=1S/C17H15N3O3.H2O4S/c1-9-14(19)13-4-2-3-7-20(13)15(9)16(21)10-5-6-12(18)11(8-10)17(22)23;1-5(2,3)4/h2-8H,18-19H2,1H3,(H,22,23);(H2,1,2,3,4). The molecule has 7 N–H and O–H groups in total. The minimum Gasteiger partial charge on any atom is -0.478 e. The van der Waals surface area contributed by atoms with Crippen LogP contribution < -0.4 is 11.5 Å². The number of hydrogen-bond acceptors (Lipinski definition) is 6. The van der Waals surface area contributed by atoms with Gasteiger partial charge in [-0.3, -0.25) is 13.9 Å². The number of carbonyl (C=O) groups is 2. The van der Waals surface area contributed by atoms with Crippen molar-refractivity contribution in [2.45, 2.75) is 6.92 Å². The molecule has 1 aromatic carbocycles. The fraction of sp³-hybridized carbons (Fsp3) is 0.0588. The Morgan fingerprint density at radius 1 is 1.07 bits per heavy atom. The van der Waals surface area contributed by atoms with Gasteiger partial charge >= 0.3 is 16.4 Å². The maximum atomic E-state index is 12.9. The largest absolute Gasteiger partial charge is 0.478 e. The monoisotopic (exact) mass is 407 g/mol. The summed E-state index contributed by atoms with van der Waals surface area (Å²) in [5, 5.41) is 9.16. The highest BCUT2D eigenvalue weighted by atomic mass is 32.3. The average Bonchev–Trinajstić information content (AvgIpc) is 2.84. The molecule has 10 nitrogen and oxygen atoms in total. The number of ketones is 1. The number of nitrogens with two attached hydrogens (primary N) is 2. The van der Waals surface area contributed by atoms with Gasteiger partial charge in [-0.15, -0.1) is 0 Å². The van der Waals surface area contributed by atoms with Gasteiger partial charge in [-0.2, -0.15) is 8.42 Å². The van der Waals surface area contributed by atoms with Crippen LogP contribution in [0.1, 0.15) is 32.0 Å². The van der Waals surface area contributed by atoms with Crippen molar-refractivity contribution in [3.05, 3.63) is 65.0 Å². The van der Waals surface area contributed by atoms with Crippen molar-refractivity contribution in [3.8, 4) is 0 Å². The number of benzene rings is 1. The molecule has 0 aliphatic rings. The third-order valence-corrected chi connectivity index (χ3v) is 3.90. The Kier molecular flexibility index (Phi) is 5.73. The number of fused-ring (bicyclic) bond motifs is 1. The summed E-state index contributed by atoms with van der Waals surface area (Å²) in [4.78, 5) is 24.1. The Bertz CT molecular complexity index is 1170. The second kappa shape index (κ2) is 7.68. The van der Waals surface area contributed by atoms with Crippen LogP contribution in [0.5, 0.6) is 0 Å². The number of aromatic carboxylic acids is 1. The molecular weight excluding hydrogens is 390 g/mol. The van der Waals surface area contributed by atoms with E-state index < -0.39 is 16.4 Å². The van der Waals surface area contributed by atoms with E-state index in [1.165, 1.54) is 18.2 Å². The molecular formula is C17H17N3O7S. The third-order valence-electron chi connectivity index (χ3n) is 3.90. The average molecular weight is 407 g/mol. The summed E-state index contributed by atoms with van der Waals surface area (Å²) >= 11 is 0. The van der Waals surface area contributed by atoms with E-state index in [1.54, 1.807) is 23.6 Å². The summed E-state index contributed by atoms with van der Waals surface area (Å²) in [5.74, 6) is -1.48. The van der Waals surface area contributed by atoms with Crippen molar-refractivity contribution < 1.29 is 32.2 Å². The minimum atomic E-state index is -4.67. The van der Waals surface area contributed by atoms with Crippen LogP contribution in [-0.2, 0) is 10.4 Å². The predicted octanol–water partition coefficient (Wildman–Crippen LogP) is 1.69. The number of rotatable bonds is 3. The molecule has 0 atom stereocenters. The van der Waals surface area contributed by atoms with Crippen molar-refractivity contribution in [1.29, 1.82) is 0 Å². The fourth-order valence-corrected chi connectivity index (χ4v) is 2.66. The molecule has 0 aliphatic heterocycles. The molecule has 0 amide bonds. The normalized spacial score (nSPS) is 11.0. The SMILES string of the molecule is Cc1c(N)c2ccccn2c1C(=O)c1ccc(N)c(C(=O)O)c1.O=S(=O)(O)O. The van der Waals surface area contributed by atoms with Crippen LogP contribution in [0.4, 0.5) is 11.4 Å². The van der Waals surface area contributed by atoms with Gasteiger partial charge in [0.05, 0.1) is 22.5 Å². The molecule has 11 heteroatoms. The van der Waals surface area contributed by atoms with Gasteiger partial charge in [-0.05, 0) is 37.3 Å². The lowest BCUT2D eigenvalue weighted by molar-refractivity contribution is 0.0698. The predicted molar refractivity (Wildman–Crippen MR) is 102 cm³/mol. The Balaban J connectivity index is 0.000000500. The smallest absolute Gasteiger partial charge is 0.394 e. The number of nitrogens with zero attached hydrogens (tertiary/aromatic N) is 1. The first-order valence-electron chi connectivity index (χ1n) is 7.64. The zero-order valence-corrected chi connectivity index (χ0v) is 15.3. The van der Waals surface area contributed by atoms with Gasteiger partial charge in [0.1, 0.15) is 0 Å². The van der Waals surface area contributed by atoms with Crippen LogP contribution >= 0.6 is 0 Å². The highest BCUT2D eigenvalue weighted by Crippen LogP contribution is 2.28.